The van der Waals surface area contributed by atoms with Crippen LogP contribution in [-0.2, 0) is 6.18 Å². The molecule has 1 N–H and O–H groups in total. The molecular weight excluding hydrogens is 466 g/mol. The fourth-order valence-electron chi connectivity index (χ4n) is 4.08. The van der Waals surface area contributed by atoms with Crippen molar-refractivity contribution in [3.05, 3.63) is 48.0 Å². The highest BCUT2D eigenvalue weighted by Gasteiger charge is 2.33. The zero-order chi connectivity index (χ0) is 21.1. The summed E-state index contributed by atoms with van der Waals surface area (Å²) in [6, 6.07) is 11.1. The normalized spacial score (nSPS) is 16.3. The van der Waals surface area contributed by atoms with Gasteiger partial charge in [-0.15, -0.1) is 24.8 Å². The summed E-state index contributed by atoms with van der Waals surface area (Å²) in [6.07, 6.45) is -3.57. The van der Waals surface area contributed by atoms with Crippen molar-refractivity contribution in [3.63, 3.8) is 0 Å². The topological polar surface area (TPSA) is 39.2 Å². The van der Waals surface area contributed by atoms with Crippen LogP contribution in [0, 0.1) is 0 Å². The van der Waals surface area contributed by atoms with Gasteiger partial charge >= 0.3 is 6.18 Å². The van der Waals surface area contributed by atoms with E-state index in [2.05, 4.69) is 9.80 Å². The molecule has 2 aromatic rings. The largest absolute Gasteiger partial charge is 0.453 e. The number of fused-ring (bicyclic) bond motifs is 2. The second kappa shape index (κ2) is 11.4. The van der Waals surface area contributed by atoms with Gasteiger partial charge in [0.15, 0.2) is 11.5 Å². The number of hydrogen-bond donors (Lipinski definition) is 1. The van der Waals surface area contributed by atoms with Crippen LogP contribution in [0.3, 0.4) is 0 Å². The molecule has 1 fully saturated rings. The van der Waals surface area contributed by atoms with Gasteiger partial charge in [-0.05, 0) is 43.3 Å². The van der Waals surface area contributed by atoms with Crippen molar-refractivity contribution in [1.29, 1.82) is 0 Å². The lowest BCUT2D eigenvalue weighted by Gasteiger charge is -2.36. The molecular formula is C22H28Cl2F3N3O2. The number of nitrogens with zero attached hydrogens (tertiary/aromatic N) is 3. The van der Waals surface area contributed by atoms with Crippen molar-refractivity contribution < 1.29 is 23.0 Å². The van der Waals surface area contributed by atoms with Crippen molar-refractivity contribution in [1.82, 2.24) is 9.80 Å². The molecule has 0 aromatic heterocycles. The number of ether oxygens (including phenoxy) is 1. The van der Waals surface area contributed by atoms with Crippen LogP contribution in [-0.4, -0.2) is 67.3 Å². The van der Waals surface area contributed by atoms with E-state index in [1.165, 1.54) is 12.1 Å². The van der Waals surface area contributed by atoms with Gasteiger partial charge in [-0.1, -0.05) is 12.1 Å². The molecule has 0 atom stereocenters. The molecule has 10 heteroatoms. The maximum absolute atomic E-state index is 13.3. The standard InChI is InChI=1S/C22H26F3N3O2.2ClH/c23-22(24,25)17-6-7-21-19(16-17)28(18-4-1-2-5-20(18)30-21)9-3-8-26-10-12-27(13-11-26)14-15-29;;/h1-2,4-7,16,29H,3,8-15H2;2*1H. The van der Waals surface area contributed by atoms with E-state index in [4.69, 9.17) is 9.84 Å². The molecule has 0 radical (unpaired) electrons. The molecule has 2 aliphatic rings. The summed E-state index contributed by atoms with van der Waals surface area (Å²) in [5, 5.41) is 9.06. The molecule has 0 aliphatic carbocycles. The Hall–Kier alpha value is -1.71. The summed E-state index contributed by atoms with van der Waals surface area (Å²) in [5.41, 5.74) is 0.572. The lowest BCUT2D eigenvalue weighted by atomic mass is 10.1. The highest BCUT2D eigenvalue weighted by Crippen LogP contribution is 2.48. The molecule has 0 bridgehead atoms. The maximum atomic E-state index is 13.3. The first kappa shape index (κ1) is 26.5. The lowest BCUT2D eigenvalue weighted by Crippen LogP contribution is -2.47. The number of β-amino-alcohol motifs (C(OH)–C–C–N with tert-alkyl or cyclic N) is 1. The maximum Gasteiger partial charge on any atom is 0.416 e. The first-order valence-electron chi connectivity index (χ1n) is 10.3. The Morgan fingerprint density at radius 3 is 2.09 bits per heavy atom. The summed E-state index contributed by atoms with van der Waals surface area (Å²) in [6.45, 7) is 6.10. The average Bonchev–Trinajstić information content (AvgIpc) is 2.73. The number of rotatable bonds is 6. The minimum Gasteiger partial charge on any atom is -0.453 e. The molecule has 32 heavy (non-hydrogen) atoms. The van der Waals surface area contributed by atoms with E-state index in [0.29, 0.717) is 30.3 Å². The number of benzene rings is 2. The predicted octanol–water partition coefficient (Wildman–Crippen LogP) is 4.79. The molecule has 1 saturated heterocycles. The van der Waals surface area contributed by atoms with Gasteiger partial charge < -0.3 is 19.6 Å². The van der Waals surface area contributed by atoms with Crippen LogP contribution in [0.4, 0.5) is 24.5 Å². The van der Waals surface area contributed by atoms with Crippen molar-refractivity contribution >= 4 is 36.2 Å². The van der Waals surface area contributed by atoms with Crippen LogP contribution in [0.2, 0.25) is 0 Å². The van der Waals surface area contributed by atoms with Crippen LogP contribution in [0.15, 0.2) is 42.5 Å². The van der Waals surface area contributed by atoms with Crippen molar-refractivity contribution in [2.24, 2.45) is 0 Å². The summed E-state index contributed by atoms with van der Waals surface area (Å²) < 4.78 is 45.7. The zero-order valence-corrected chi connectivity index (χ0v) is 19.2. The average molecular weight is 494 g/mol. The number of aliphatic hydroxyl groups is 1. The third-order valence-electron chi connectivity index (χ3n) is 5.69. The number of hydrogen-bond acceptors (Lipinski definition) is 5. The minimum absolute atomic E-state index is 0. The molecule has 4 rings (SSSR count). The molecule has 2 heterocycles. The van der Waals surface area contributed by atoms with E-state index < -0.39 is 11.7 Å². The van der Waals surface area contributed by atoms with Gasteiger partial charge in [0, 0.05) is 39.3 Å². The second-order valence-corrected chi connectivity index (χ2v) is 7.66. The zero-order valence-electron chi connectivity index (χ0n) is 17.6. The van der Waals surface area contributed by atoms with Crippen LogP contribution < -0.4 is 9.64 Å². The Kier molecular flexibility index (Phi) is 9.48. The third-order valence-corrected chi connectivity index (χ3v) is 5.69. The fraction of sp³-hybridized carbons (Fsp3) is 0.455. The molecule has 0 spiro atoms. The highest BCUT2D eigenvalue weighted by molar-refractivity contribution is 5.85. The molecule has 0 saturated carbocycles. The summed E-state index contributed by atoms with van der Waals surface area (Å²) in [7, 11) is 0. The van der Waals surface area contributed by atoms with E-state index >= 15 is 0 Å². The lowest BCUT2D eigenvalue weighted by molar-refractivity contribution is -0.137. The predicted molar refractivity (Wildman–Crippen MR) is 124 cm³/mol. The Morgan fingerprint density at radius 1 is 0.812 bits per heavy atom. The van der Waals surface area contributed by atoms with Gasteiger partial charge in [-0.2, -0.15) is 13.2 Å². The fourth-order valence-corrected chi connectivity index (χ4v) is 4.08. The van der Waals surface area contributed by atoms with Crippen molar-refractivity contribution in [2.45, 2.75) is 12.6 Å². The van der Waals surface area contributed by atoms with Gasteiger partial charge in [-0.25, -0.2) is 0 Å². The minimum atomic E-state index is -4.40. The monoisotopic (exact) mass is 493 g/mol. The van der Waals surface area contributed by atoms with Crippen LogP contribution in [0.1, 0.15) is 12.0 Å². The number of aliphatic hydroxyl groups excluding tert-OH is 1. The van der Waals surface area contributed by atoms with E-state index in [1.54, 1.807) is 0 Å². The Bertz CT molecular complexity index is 878. The number of piperazine rings is 1. The first-order chi connectivity index (χ1) is 14.5. The van der Waals surface area contributed by atoms with Crippen LogP contribution >= 0.6 is 24.8 Å². The van der Waals surface area contributed by atoms with E-state index in [-0.39, 0.29) is 31.4 Å². The van der Waals surface area contributed by atoms with Crippen molar-refractivity contribution in [2.75, 3.05) is 57.3 Å². The number of halogens is 5. The highest BCUT2D eigenvalue weighted by atomic mass is 35.5. The Labute approximate surface area is 198 Å². The SMILES string of the molecule is Cl.Cl.OCCN1CCN(CCCN2c3ccccc3Oc3ccc(C(F)(F)F)cc32)CC1. The number of para-hydroxylation sites is 2. The number of alkyl halides is 3. The summed E-state index contributed by atoms with van der Waals surface area (Å²) >= 11 is 0. The molecule has 178 valence electrons. The van der Waals surface area contributed by atoms with Gasteiger partial charge in [0.1, 0.15) is 0 Å². The quantitative estimate of drug-likeness (QED) is 0.626. The number of anilines is 2. The third kappa shape index (κ3) is 5.99. The Morgan fingerprint density at radius 2 is 1.44 bits per heavy atom. The first-order valence-corrected chi connectivity index (χ1v) is 10.3. The van der Waals surface area contributed by atoms with E-state index in [0.717, 1.165) is 50.9 Å². The van der Waals surface area contributed by atoms with E-state index in [9.17, 15) is 13.2 Å². The van der Waals surface area contributed by atoms with Gasteiger partial charge in [-0.3, -0.25) is 4.90 Å². The van der Waals surface area contributed by atoms with Gasteiger partial charge in [0.25, 0.3) is 0 Å². The molecule has 5 nitrogen and oxygen atoms in total. The van der Waals surface area contributed by atoms with Crippen LogP contribution in [0.5, 0.6) is 11.5 Å². The smallest absolute Gasteiger partial charge is 0.416 e. The Balaban J connectivity index is 0.00000181. The van der Waals surface area contributed by atoms with Gasteiger partial charge in [0.05, 0.1) is 23.5 Å². The van der Waals surface area contributed by atoms with Crippen LogP contribution in [0.25, 0.3) is 0 Å². The molecule has 2 aliphatic heterocycles. The summed E-state index contributed by atoms with van der Waals surface area (Å²) in [5.74, 6) is 1.10. The second-order valence-electron chi connectivity index (χ2n) is 7.66. The molecule has 0 unspecified atom stereocenters. The van der Waals surface area contributed by atoms with E-state index in [1.807, 2.05) is 29.2 Å². The van der Waals surface area contributed by atoms with Crippen molar-refractivity contribution in [3.8, 4) is 11.5 Å². The molecule has 0 amide bonds. The van der Waals surface area contributed by atoms with Gasteiger partial charge in [0.2, 0.25) is 0 Å². The molecule has 2 aromatic carbocycles. The summed E-state index contributed by atoms with van der Waals surface area (Å²) in [4.78, 5) is 6.54.